The lowest BCUT2D eigenvalue weighted by Crippen LogP contribution is -2.29. The predicted octanol–water partition coefficient (Wildman–Crippen LogP) is 8.26. The number of amides is 1. The van der Waals surface area contributed by atoms with Crippen molar-refractivity contribution in [2.24, 2.45) is 5.92 Å². The molecule has 0 spiro atoms. The van der Waals surface area contributed by atoms with Gasteiger partial charge in [0.25, 0.3) is 5.78 Å². The van der Waals surface area contributed by atoms with Crippen molar-refractivity contribution in [3.8, 4) is 17.2 Å². The van der Waals surface area contributed by atoms with Gasteiger partial charge in [0.2, 0.25) is 5.13 Å². The van der Waals surface area contributed by atoms with E-state index in [1.54, 1.807) is 30.3 Å². The Hall–Kier alpha value is -4.06. The summed E-state index contributed by atoms with van der Waals surface area (Å²) in [6.45, 7) is 8.99. The van der Waals surface area contributed by atoms with Gasteiger partial charge in [0.1, 0.15) is 17.6 Å². The van der Waals surface area contributed by atoms with E-state index < -0.39 is 17.7 Å². The second-order valence-corrected chi connectivity index (χ2v) is 14.7. The molecule has 0 bridgehead atoms. The largest absolute Gasteiger partial charge is 0.507 e. The van der Waals surface area contributed by atoms with E-state index >= 15 is 0 Å². The molecule has 2 aliphatic heterocycles. The minimum atomic E-state index is -1.00. The van der Waals surface area contributed by atoms with Gasteiger partial charge in [-0.15, -0.1) is 10.2 Å². The van der Waals surface area contributed by atoms with Crippen molar-refractivity contribution in [3.05, 3.63) is 93.5 Å². The molecule has 12 heteroatoms. The number of carbonyl (C=O) groups is 2. The number of hydrogen-bond donors (Lipinski definition) is 1. The number of thioether (sulfide) groups is 1. The van der Waals surface area contributed by atoms with E-state index in [2.05, 4.69) is 24.0 Å². The van der Waals surface area contributed by atoms with Crippen molar-refractivity contribution >= 4 is 57.3 Å². The van der Waals surface area contributed by atoms with Gasteiger partial charge < -0.3 is 19.3 Å². The van der Waals surface area contributed by atoms with E-state index in [9.17, 15) is 14.7 Å². The van der Waals surface area contributed by atoms with Crippen molar-refractivity contribution in [3.63, 3.8) is 0 Å². The summed E-state index contributed by atoms with van der Waals surface area (Å²) in [5.41, 5.74) is 2.90. The smallest absolute Gasteiger partial charge is 0.301 e. The summed E-state index contributed by atoms with van der Waals surface area (Å²) in [6, 6.07) is 17.2. The van der Waals surface area contributed by atoms with Crippen LogP contribution in [0.1, 0.15) is 62.4 Å². The Bertz CT molecular complexity index is 1860. The number of aliphatic hydroxyl groups is 1. The molecule has 0 saturated carbocycles. The summed E-state index contributed by atoms with van der Waals surface area (Å²) in [6.07, 6.45) is 1.55. The van der Waals surface area contributed by atoms with E-state index in [1.807, 2.05) is 44.2 Å². The Morgan fingerprint density at radius 2 is 1.88 bits per heavy atom. The van der Waals surface area contributed by atoms with Crippen LogP contribution in [-0.4, -0.2) is 46.3 Å². The standard InChI is InChI=1S/C36H36ClN3O6S2/c1-5-44-29-18-23(8-13-28(29)45-15-14-20(2)3)31-30(32(41)24-9-12-27-25(17-24)16-21(4)46-27)33(42)34(43)40(31)35-38-39-36(48-35)47-19-22-6-10-26(37)11-7-22/h6-13,17-18,20-21,31,41H,5,14-16,19H2,1-4H3/b32-30+/t21-,31+/m1/s1. The molecule has 4 aromatic rings. The molecule has 1 amide bonds. The van der Waals surface area contributed by atoms with Crippen molar-refractivity contribution in [2.75, 3.05) is 18.1 Å². The Morgan fingerprint density at radius 1 is 1.08 bits per heavy atom. The van der Waals surface area contributed by atoms with Crippen molar-refractivity contribution in [2.45, 2.75) is 62.8 Å². The lowest BCUT2D eigenvalue weighted by Gasteiger charge is -2.24. The molecular weight excluding hydrogens is 670 g/mol. The summed E-state index contributed by atoms with van der Waals surface area (Å²) >= 11 is 8.70. The second-order valence-electron chi connectivity index (χ2n) is 12.1. The molecule has 48 heavy (non-hydrogen) atoms. The first-order valence-corrected chi connectivity index (χ1v) is 18.0. The van der Waals surface area contributed by atoms with Crippen LogP contribution in [0.5, 0.6) is 17.2 Å². The molecular formula is C36H36ClN3O6S2. The van der Waals surface area contributed by atoms with E-state index in [1.165, 1.54) is 28.0 Å². The van der Waals surface area contributed by atoms with Crippen LogP contribution in [0.25, 0.3) is 5.76 Å². The second kappa shape index (κ2) is 14.6. The topological polar surface area (TPSA) is 111 Å². The molecule has 250 valence electrons. The molecule has 1 saturated heterocycles. The van der Waals surface area contributed by atoms with Gasteiger partial charge in [-0.2, -0.15) is 0 Å². The average Bonchev–Trinajstić information content (AvgIpc) is 3.75. The summed E-state index contributed by atoms with van der Waals surface area (Å²) in [4.78, 5) is 29.0. The monoisotopic (exact) mass is 705 g/mol. The first-order valence-electron chi connectivity index (χ1n) is 15.8. The molecule has 3 heterocycles. The lowest BCUT2D eigenvalue weighted by molar-refractivity contribution is -0.132. The first-order chi connectivity index (χ1) is 23.1. The molecule has 9 nitrogen and oxygen atoms in total. The average molecular weight is 706 g/mol. The zero-order valence-electron chi connectivity index (χ0n) is 27.1. The van der Waals surface area contributed by atoms with Crippen LogP contribution in [0.4, 0.5) is 5.13 Å². The van der Waals surface area contributed by atoms with Crippen molar-refractivity contribution < 1.29 is 28.9 Å². The Labute approximate surface area is 292 Å². The zero-order valence-corrected chi connectivity index (χ0v) is 29.5. The van der Waals surface area contributed by atoms with Crippen LogP contribution in [0.3, 0.4) is 0 Å². The molecule has 0 radical (unpaired) electrons. The molecule has 0 aliphatic carbocycles. The zero-order chi connectivity index (χ0) is 33.9. The summed E-state index contributed by atoms with van der Waals surface area (Å²) in [5, 5.41) is 21.3. The number of carbonyl (C=O) groups excluding carboxylic acids is 2. The number of ether oxygens (including phenoxy) is 3. The van der Waals surface area contributed by atoms with Crippen LogP contribution >= 0.6 is 34.7 Å². The summed E-state index contributed by atoms with van der Waals surface area (Å²) in [7, 11) is 0. The summed E-state index contributed by atoms with van der Waals surface area (Å²) in [5.74, 6) is 0.957. The van der Waals surface area contributed by atoms with Crippen LogP contribution in [0, 0.1) is 5.92 Å². The molecule has 3 aromatic carbocycles. The number of fused-ring (bicyclic) bond motifs is 1. The third-order valence-electron chi connectivity index (χ3n) is 8.03. The van der Waals surface area contributed by atoms with Gasteiger partial charge in [0.15, 0.2) is 15.8 Å². The number of anilines is 1. The number of aliphatic hydroxyl groups excluding tert-OH is 1. The van der Waals surface area contributed by atoms with E-state index in [0.29, 0.717) is 63.3 Å². The molecule has 1 N–H and O–H groups in total. The van der Waals surface area contributed by atoms with Gasteiger partial charge in [-0.05, 0) is 85.3 Å². The highest BCUT2D eigenvalue weighted by Gasteiger charge is 2.48. The number of Topliss-reactive ketones (excluding diaryl/α,β-unsaturated/α-hetero) is 1. The highest BCUT2D eigenvalue weighted by molar-refractivity contribution is 8.00. The maximum Gasteiger partial charge on any atom is 0.301 e. The molecule has 0 unspecified atom stereocenters. The molecule has 2 aliphatic rings. The third-order valence-corrected chi connectivity index (χ3v) is 10.4. The first kappa shape index (κ1) is 33.8. The van der Waals surface area contributed by atoms with E-state index in [0.717, 1.165) is 23.3 Å². The van der Waals surface area contributed by atoms with Crippen molar-refractivity contribution in [1.82, 2.24) is 10.2 Å². The highest BCUT2D eigenvalue weighted by Crippen LogP contribution is 2.46. The molecule has 6 rings (SSSR count). The number of halogens is 1. The fourth-order valence-electron chi connectivity index (χ4n) is 5.64. The minimum absolute atomic E-state index is 0.00500. The minimum Gasteiger partial charge on any atom is -0.507 e. The van der Waals surface area contributed by atoms with Crippen LogP contribution in [0.2, 0.25) is 5.02 Å². The molecule has 1 aromatic heterocycles. The van der Waals surface area contributed by atoms with Gasteiger partial charge >= 0.3 is 5.91 Å². The van der Waals surface area contributed by atoms with Gasteiger partial charge in [0.05, 0.1) is 24.8 Å². The Balaban J connectivity index is 1.40. The number of ketones is 1. The number of hydrogen-bond acceptors (Lipinski definition) is 10. The Kier molecular flexibility index (Phi) is 10.3. The fraction of sp³-hybridized carbons (Fsp3) is 0.333. The lowest BCUT2D eigenvalue weighted by atomic mass is 9.94. The summed E-state index contributed by atoms with van der Waals surface area (Å²) < 4.78 is 18.5. The van der Waals surface area contributed by atoms with Gasteiger partial charge in [-0.25, -0.2) is 0 Å². The van der Waals surface area contributed by atoms with E-state index in [-0.39, 0.29) is 22.6 Å². The Morgan fingerprint density at radius 3 is 2.62 bits per heavy atom. The molecule has 2 atom stereocenters. The maximum absolute atomic E-state index is 13.9. The maximum atomic E-state index is 13.9. The van der Waals surface area contributed by atoms with Gasteiger partial charge in [-0.3, -0.25) is 14.5 Å². The number of aromatic nitrogens is 2. The van der Waals surface area contributed by atoms with E-state index in [4.69, 9.17) is 25.8 Å². The fourth-order valence-corrected chi connectivity index (χ4v) is 7.59. The van der Waals surface area contributed by atoms with Crippen LogP contribution < -0.4 is 19.1 Å². The predicted molar refractivity (Wildman–Crippen MR) is 189 cm³/mol. The number of rotatable bonds is 12. The van der Waals surface area contributed by atoms with Gasteiger partial charge in [0, 0.05) is 22.8 Å². The number of nitrogens with zero attached hydrogens (tertiary/aromatic N) is 3. The van der Waals surface area contributed by atoms with Crippen LogP contribution in [-0.2, 0) is 21.8 Å². The number of benzene rings is 3. The van der Waals surface area contributed by atoms with Crippen LogP contribution in [0.15, 0.2) is 70.6 Å². The van der Waals surface area contributed by atoms with Crippen molar-refractivity contribution in [1.29, 1.82) is 0 Å². The third kappa shape index (κ3) is 7.18. The quantitative estimate of drug-likeness (QED) is 0.0512. The normalized spacial score (nSPS) is 18.3. The highest BCUT2D eigenvalue weighted by atomic mass is 35.5. The van der Waals surface area contributed by atoms with Gasteiger partial charge in [-0.1, -0.05) is 66.7 Å². The SMILES string of the molecule is CCOc1cc([C@H]2/C(=C(\O)c3ccc4c(c3)C[C@@H](C)O4)C(=O)C(=O)N2c2nnc(SCc3ccc(Cl)cc3)s2)ccc1OCCC(C)C. The molecule has 1 fully saturated rings.